The van der Waals surface area contributed by atoms with Gasteiger partial charge in [-0.3, -0.25) is 0 Å². The van der Waals surface area contributed by atoms with Gasteiger partial charge in [-0.2, -0.15) is 9.97 Å². The molecule has 0 atom stereocenters. The molecule has 4 aromatic heterocycles. The second kappa shape index (κ2) is 9.22. The zero-order valence-corrected chi connectivity index (χ0v) is 22.8. The van der Waals surface area contributed by atoms with Gasteiger partial charge in [-0.1, -0.05) is 109 Å². The van der Waals surface area contributed by atoms with Crippen LogP contribution in [-0.2, 0) is 0 Å². The van der Waals surface area contributed by atoms with Crippen LogP contribution in [0.3, 0.4) is 0 Å². The Hall–Kier alpha value is -6.08. The summed E-state index contributed by atoms with van der Waals surface area (Å²) in [5, 5.41) is 0.969. The van der Waals surface area contributed by atoms with Gasteiger partial charge in [-0.05, 0) is 35.4 Å². The molecule has 0 bridgehead atoms. The summed E-state index contributed by atoms with van der Waals surface area (Å²) in [7, 11) is 0. The molecule has 7 nitrogen and oxygen atoms in total. The number of hydrogen-bond donors (Lipinski definition) is 0. The Morgan fingerprint density at radius 2 is 1.02 bits per heavy atom. The molecule has 4 heterocycles. The second-order valence-electron chi connectivity index (χ2n) is 10.4. The second-order valence-corrected chi connectivity index (χ2v) is 10.4. The number of para-hydroxylation sites is 3. The van der Waals surface area contributed by atoms with Gasteiger partial charge in [0.05, 0.1) is 11.0 Å². The summed E-state index contributed by atoms with van der Waals surface area (Å²) >= 11 is 0. The number of fused-ring (bicyclic) bond motifs is 7. The first-order valence-corrected chi connectivity index (χ1v) is 14.1. The summed E-state index contributed by atoms with van der Waals surface area (Å²) in [5.41, 5.74) is 8.27. The van der Waals surface area contributed by atoms with Crippen molar-refractivity contribution in [2.45, 2.75) is 0 Å². The summed E-state index contributed by atoms with van der Waals surface area (Å²) in [6.45, 7) is 0. The molecule has 0 unspecified atom stereocenters. The van der Waals surface area contributed by atoms with Crippen molar-refractivity contribution in [2.24, 2.45) is 0 Å². The minimum absolute atomic E-state index is 0.485. The zero-order chi connectivity index (χ0) is 28.3. The SMILES string of the molecule is c1ccc(-c2ccc(-c3nc(-c4ccccc4)nc(-n4c5ccccc5n5c6oc7ccccc7c6nc45)n3)cc2)cc1. The average molecular weight is 555 g/mol. The third kappa shape index (κ3) is 3.68. The van der Waals surface area contributed by atoms with E-state index in [4.69, 9.17) is 24.4 Å². The molecule has 43 heavy (non-hydrogen) atoms. The van der Waals surface area contributed by atoms with Crippen molar-refractivity contribution in [3.8, 4) is 39.9 Å². The van der Waals surface area contributed by atoms with E-state index in [0.29, 0.717) is 29.1 Å². The standard InChI is InChI=1S/C36H22N6O/c1-3-11-23(12-4-1)24-19-21-26(22-20-24)33-38-32(25-13-5-2-6-14-25)39-35(40-33)42-29-17-9-8-16-28(29)41-34-31(37-36(41)42)27-15-7-10-18-30(27)43-34/h1-22H. The third-order valence-electron chi connectivity index (χ3n) is 7.84. The molecule has 9 aromatic rings. The van der Waals surface area contributed by atoms with Crippen molar-refractivity contribution in [3.63, 3.8) is 0 Å². The van der Waals surface area contributed by atoms with Gasteiger partial charge >= 0.3 is 0 Å². The van der Waals surface area contributed by atoms with Gasteiger partial charge in [-0.15, -0.1) is 0 Å². The van der Waals surface area contributed by atoms with Crippen LogP contribution in [0.1, 0.15) is 0 Å². The van der Waals surface area contributed by atoms with E-state index in [-0.39, 0.29) is 0 Å². The van der Waals surface area contributed by atoms with Gasteiger partial charge < -0.3 is 4.42 Å². The number of rotatable bonds is 4. The first-order valence-electron chi connectivity index (χ1n) is 14.1. The maximum atomic E-state index is 6.33. The normalized spacial score (nSPS) is 11.7. The Morgan fingerprint density at radius 3 is 1.77 bits per heavy atom. The predicted octanol–water partition coefficient (Wildman–Crippen LogP) is 8.36. The van der Waals surface area contributed by atoms with Crippen LogP contribution in [0.4, 0.5) is 0 Å². The van der Waals surface area contributed by atoms with E-state index in [1.807, 2.05) is 93.9 Å². The van der Waals surface area contributed by atoms with E-state index in [2.05, 4.69) is 48.5 Å². The smallest absolute Gasteiger partial charge is 0.241 e. The van der Waals surface area contributed by atoms with Crippen LogP contribution in [0.5, 0.6) is 0 Å². The monoisotopic (exact) mass is 554 g/mol. The number of furan rings is 1. The predicted molar refractivity (Wildman–Crippen MR) is 169 cm³/mol. The van der Waals surface area contributed by atoms with Crippen LogP contribution >= 0.6 is 0 Å². The average Bonchev–Trinajstić information content (AvgIpc) is 3.72. The molecule has 202 valence electrons. The summed E-state index contributed by atoms with van der Waals surface area (Å²) in [5.74, 6) is 2.33. The first kappa shape index (κ1) is 23.6. The summed E-state index contributed by atoms with van der Waals surface area (Å²) in [6, 6.07) is 44.8. The van der Waals surface area contributed by atoms with Crippen LogP contribution in [-0.4, -0.2) is 28.9 Å². The Morgan fingerprint density at radius 1 is 0.465 bits per heavy atom. The van der Waals surface area contributed by atoms with E-state index >= 15 is 0 Å². The van der Waals surface area contributed by atoms with Crippen molar-refractivity contribution >= 4 is 39.0 Å². The van der Waals surface area contributed by atoms with Gasteiger partial charge in [0.25, 0.3) is 0 Å². The van der Waals surface area contributed by atoms with E-state index in [0.717, 1.165) is 49.8 Å². The molecule has 0 aliphatic heterocycles. The maximum absolute atomic E-state index is 6.33. The fourth-order valence-electron chi connectivity index (χ4n) is 5.79. The fraction of sp³-hybridized carbons (Fsp3) is 0. The van der Waals surface area contributed by atoms with Crippen LogP contribution in [0.15, 0.2) is 138 Å². The lowest BCUT2D eigenvalue weighted by Gasteiger charge is -2.10. The highest BCUT2D eigenvalue weighted by Crippen LogP contribution is 2.34. The maximum Gasteiger partial charge on any atom is 0.241 e. The van der Waals surface area contributed by atoms with Crippen LogP contribution in [0.25, 0.3) is 78.9 Å². The Kier molecular flexibility index (Phi) is 5.06. The fourth-order valence-corrected chi connectivity index (χ4v) is 5.79. The lowest BCUT2D eigenvalue weighted by Crippen LogP contribution is -2.07. The number of imidazole rings is 2. The van der Waals surface area contributed by atoms with Gasteiger partial charge in [0.1, 0.15) is 11.1 Å². The van der Waals surface area contributed by atoms with E-state index in [1.54, 1.807) is 0 Å². The molecular weight excluding hydrogens is 532 g/mol. The molecule has 0 aliphatic carbocycles. The quantitative estimate of drug-likeness (QED) is 0.219. The summed E-state index contributed by atoms with van der Waals surface area (Å²) in [4.78, 5) is 20.1. The van der Waals surface area contributed by atoms with Crippen LogP contribution < -0.4 is 0 Å². The Balaban J connectivity index is 1.30. The summed E-state index contributed by atoms with van der Waals surface area (Å²) < 4.78 is 10.4. The molecule has 0 amide bonds. The van der Waals surface area contributed by atoms with E-state index < -0.39 is 0 Å². The zero-order valence-electron chi connectivity index (χ0n) is 22.8. The van der Waals surface area contributed by atoms with Crippen LogP contribution in [0, 0.1) is 0 Å². The van der Waals surface area contributed by atoms with E-state index in [9.17, 15) is 0 Å². The molecule has 0 spiro atoms. The Bertz CT molecular complexity index is 2440. The van der Waals surface area contributed by atoms with Gasteiger partial charge in [0, 0.05) is 16.5 Å². The van der Waals surface area contributed by atoms with Crippen molar-refractivity contribution in [1.29, 1.82) is 0 Å². The number of aromatic nitrogens is 6. The molecule has 0 radical (unpaired) electrons. The van der Waals surface area contributed by atoms with Gasteiger partial charge in [0.15, 0.2) is 11.6 Å². The molecule has 0 N–H and O–H groups in total. The van der Waals surface area contributed by atoms with Gasteiger partial charge in [0.2, 0.25) is 17.4 Å². The highest BCUT2D eigenvalue weighted by atomic mass is 16.3. The minimum Gasteiger partial charge on any atom is -0.437 e. The molecule has 0 saturated heterocycles. The molecule has 0 fully saturated rings. The van der Waals surface area contributed by atoms with Crippen molar-refractivity contribution < 1.29 is 4.42 Å². The molecule has 5 aromatic carbocycles. The third-order valence-corrected chi connectivity index (χ3v) is 7.84. The van der Waals surface area contributed by atoms with Crippen molar-refractivity contribution in [2.75, 3.05) is 0 Å². The van der Waals surface area contributed by atoms with E-state index in [1.165, 1.54) is 0 Å². The number of nitrogens with zero attached hydrogens (tertiary/aromatic N) is 6. The lowest BCUT2D eigenvalue weighted by molar-refractivity contribution is 0.651. The molecule has 9 rings (SSSR count). The largest absolute Gasteiger partial charge is 0.437 e. The molecule has 0 saturated carbocycles. The first-order chi connectivity index (χ1) is 21.3. The lowest BCUT2D eigenvalue weighted by atomic mass is 10.0. The Labute approximate surface area is 245 Å². The van der Waals surface area contributed by atoms with Crippen molar-refractivity contribution in [3.05, 3.63) is 133 Å². The number of hydrogen-bond acceptors (Lipinski definition) is 5. The highest BCUT2D eigenvalue weighted by Gasteiger charge is 2.23. The molecular formula is C36H22N6O. The van der Waals surface area contributed by atoms with Gasteiger partial charge in [-0.25, -0.2) is 18.9 Å². The topological polar surface area (TPSA) is 74.0 Å². The molecule has 7 heteroatoms. The summed E-state index contributed by atoms with van der Waals surface area (Å²) in [6.07, 6.45) is 0. The minimum atomic E-state index is 0.485. The number of benzene rings is 5. The van der Waals surface area contributed by atoms with Crippen LogP contribution in [0.2, 0.25) is 0 Å². The molecule has 0 aliphatic rings. The van der Waals surface area contributed by atoms with Crippen molar-refractivity contribution in [1.82, 2.24) is 28.9 Å². The highest BCUT2D eigenvalue weighted by molar-refractivity contribution is 6.04.